The number of rotatable bonds is 4. The van der Waals surface area contributed by atoms with E-state index in [0.29, 0.717) is 12.8 Å². The summed E-state index contributed by atoms with van der Waals surface area (Å²) in [5.74, 6) is -2.20. The molecule has 1 aliphatic heterocycles. The maximum absolute atomic E-state index is 12.4. The van der Waals surface area contributed by atoms with E-state index < -0.39 is 38.8 Å². The standard InChI is InChI=1S/C11H14N2O6S/c1-12-10(14)7-3-2-6-13(7)20(17,18)9-5-4-8(19-9)11(15)16/h4-5,7H,2-3,6H2,1H3,(H,12,14)(H,15,16). The summed E-state index contributed by atoms with van der Waals surface area (Å²) in [6.07, 6.45) is 0.981. The van der Waals surface area contributed by atoms with Crippen LogP contribution in [0.3, 0.4) is 0 Å². The fourth-order valence-electron chi connectivity index (χ4n) is 2.15. The Bertz CT molecular complexity index is 635. The predicted octanol–water partition coefficient (Wildman–Crippen LogP) is -0.123. The van der Waals surface area contributed by atoms with Gasteiger partial charge in [-0.15, -0.1) is 0 Å². The van der Waals surface area contributed by atoms with Crippen LogP contribution in [-0.4, -0.2) is 49.3 Å². The molecule has 2 N–H and O–H groups in total. The Morgan fingerprint density at radius 2 is 2.15 bits per heavy atom. The first-order valence-corrected chi connectivity index (χ1v) is 7.38. The second kappa shape index (κ2) is 5.25. The third kappa shape index (κ3) is 2.41. The molecule has 1 unspecified atom stereocenters. The number of carbonyl (C=O) groups excluding carboxylic acids is 1. The van der Waals surface area contributed by atoms with Crippen LogP contribution in [0.5, 0.6) is 0 Å². The quantitative estimate of drug-likeness (QED) is 0.800. The molecule has 0 spiro atoms. The van der Waals surface area contributed by atoms with Crippen LogP contribution in [0.2, 0.25) is 0 Å². The molecule has 2 rings (SSSR count). The van der Waals surface area contributed by atoms with E-state index in [9.17, 15) is 18.0 Å². The smallest absolute Gasteiger partial charge is 0.371 e. The number of carboxylic acids is 1. The van der Waals surface area contributed by atoms with Gasteiger partial charge in [-0.2, -0.15) is 4.31 Å². The number of hydrogen-bond donors (Lipinski definition) is 2. The van der Waals surface area contributed by atoms with Crippen molar-refractivity contribution in [2.24, 2.45) is 0 Å². The number of aromatic carboxylic acids is 1. The van der Waals surface area contributed by atoms with E-state index in [1.54, 1.807) is 0 Å². The van der Waals surface area contributed by atoms with Gasteiger partial charge in [-0.3, -0.25) is 4.79 Å². The first kappa shape index (κ1) is 14.5. The van der Waals surface area contributed by atoms with Crippen LogP contribution in [-0.2, 0) is 14.8 Å². The Balaban J connectivity index is 2.33. The average molecular weight is 302 g/mol. The Morgan fingerprint density at radius 3 is 2.70 bits per heavy atom. The van der Waals surface area contributed by atoms with Gasteiger partial charge < -0.3 is 14.8 Å². The van der Waals surface area contributed by atoms with Crippen molar-refractivity contribution in [1.29, 1.82) is 0 Å². The van der Waals surface area contributed by atoms with Gasteiger partial charge in [0.05, 0.1) is 0 Å². The minimum atomic E-state index is -4.01. The zero-order chi connectivity index (χ0) is 14.9. The van der Waals surface area contributed by atoms with Crippen LogP contribution in [0.25, 0.3) is 0 Å². The molecule has 0 radical (unpaired) electrons. The summed E-state index contributed by atoms with van der Waals surface area (Å²) < 4.78 is 30.6. The summed E-state index contributed by atoms with van der Waals surface area (Å²) in [6.45, 7) is 0.198. The van der Waals surface area contributed by atoms with Gasteiger partial charge in [0.25, 0.3) is 10.0 Å². The molecule has 1 aromatic heterocycles. The summed E-state index contributed by atoms with van der Waals surface area (Å²) in [6, 6.07) is 1.36. The zero-order valence-electron chi connectivity index (χ0n) is 10.7. The van der Waals surface area contributed by atoms with Gasteiger partial charge in [0.2, 0.25) is 16.8 Å². The van der Waals surface area contributed by atoms with Crippen LogP contribution in [0.15, 0.2) is 21.6 Å². The van der Waals surface area contributed by atoms with Gasteiger partial charge in [-0.1, -0.05) is 0 Å². The maximum Gasteiger partial charge on any atom is 0.371 e. The molecule has 1 aliphatic rings. The summed E-state index contributed by atoms with van der Waals surface area (Å²) >= 11 is 0. The van der Waals surface area contributed by atoms with Gasteiger partial charge in [-0.05, 0) is 25.0 Å². The van der Waals surface area contributed by atoms with Gasteiger partial charge >= 0.3 is 5.97 Å². The Labute approximate surface area is 115 Å². The highest BCUT2D eigenvalue weighted by Crippen LogP contribution is 2.27. The van der Waals surface area contributed by atoms with Crippen LogP contribution in [0.4, 0.5) is 0 Å². The van der Waals surface area contributed by atoms with E-state index in [4.69, 9.17) is 9.52 Å². The molecular formula is C11H14N2O6S. The van der Waals surface area contributed by atoms with Crippen molar-refractivity contribution in [2.45, 2.75) is 24.0 Å². The molecule has 0 aliphatic carbocycles. The van der Waals surface area contributed by atoms with Crippen LogP contribution in [0, 0.1) is 0 Å². The van der Waals surface area contributed by atoms with E-state index >= 15 is 0 Å². The monoisotopic (exact) mass is 302 g/mol. The van der Waals surface area contributed by atoms with Crippen LogP contribution < -0.4 is 5.32 Å². The number of sulfonamides is 1. The van der Waals surface area contributed by atoms with Gasteiger partial charge in [0, 0.05) is 13.6 Å². The van der Waals surface area contributed by atoms with E-state index in [-0.39, 0.29) is 6.54 Å². The van der Waals surface area contributed by atoms with E-state index in [0.717, 1.165) is 16.4 Å². The normalized spacial score (nSPS) is 19.9. The number of amides is 1. The number of carboxylic acid groups (broad SMARTS) is 1. The molecule has 110 valence electrons. The zero-order valence-corrected chi connectivity index (χ0v) is 11.5. The number of nitrogens with one attached hydrogen (secondary N) is 1. The van der Waals surface area contributed by atoms with E-state index in [1.807, 2.05) is 0 Å². The largest absolute Gasteiger partial charge is 0.475 e. The first-order chi connectivity index (χ1) is 9.37. The molecule has 20 heavy (non-hydrogen) atoms. The first-order valence-electron chi connectivity index (χ1n) is 5.94. The number of likely N-dealkylation sites (N-methyl/N-ethyl adjacent to an activating group) is 1. The molecule has 0 bridgehead atoms. The lowest BCUT2D eigenvalue weighted by Gasteiger charge is -2.21. The van der Waals surface area contributed by atoms with Crippen molar-refractivity contribution >= 4 is 21.9 Å². The molecule has 0 aromatic carbocycles. The fourth-order valence-corrected chi connectivity index (χ4v) is 3.72. The van der Waals surface area contributed by atoms with Gasteiger partial charge in [0.1, 0.15) is 6.04 Å². The Morgan fingerprint density at radius 1 is 1.45 bits per heavy atom. The lowest BCUT2D eigenvalue weighted by Crippen LogP contribution is -2.44. The van der Waals surface area contributed by atoms with Crippen molar-refractivity contribution in [1.82, 2.24) is 9.62 Å². The fraction of sp³-hybridized carbons (Fsp3) is 0.455. The average Bonchev–Trinajstić information content (AvgIpc) is 3.06. The van der Waals surface area contributed by atoms with Crippen molar-refractivity contribution in [3.63, 3.8) is 0 Å². The Kier molecular flexibility index (Phi) is 3.82. The molecular weight excluding hydrogens is 288 g/mol. The Hall–Kier alpha value is -1.87. The molecule has 0 saturated carbocycles. The van der Waals surface area contributed by atoms with Gasteiger partial charge in [-0.25, -0.2) is 13.2 Å². The highest BCUT2D eigenvalue weighted by molar-refractivity contribution is 7.89. The highest BCUT2D eigenvalue weighted by atomic mass is 32.2. The molecule has 8 nitrogen and oxygen atoms in total. The summed E-state index contributed by atoms with van der Waals surface area (Å²) in [5.41, 5.74) is 0. The van der Waals surface area contributed by atoms with Crippen molar-refractivity contribution < 1.29 is 27.5 Å². The highest BCUT2D eigenvalue weighted by Gasteiger charge is 2.40. The number of carbonyl (C=O) groups is 2. The molecule has 1 aromatic rings. The molecule has 1 saturated heterocycles. The van der Waals surface area contributed by atoms with Gasteiger partial charge in [0.15, 0.2) is 0 Å². The SMILES string of the molecule is CNC(=O)C1CCCN1S(=O)(=O)c1ccc(C(=O)O)o1. The van der Waals surface area contributed by atoms with Crippen LogP contribution in [0.1, 0.15) is 23.4 Å². The van der Waals surface area contributed by atoms with Crippen LogP contribution >= 0.6 is 0 Å². The number of hydrogen-bond acceptors (Lipinski definition) is 5. The summed E-state index contributed by atoms with van der Waals surface area (Å²) in [7, 11) is -2.58. The molecule has 1 atom stereocenters. The second-order valence-electron chi connectivity index (χ2n) is 4.31. The number of furan rings is 1. The minimum absolute atomic E-state index is 0.198. The lowest BCUT2D eigenvalue weighted by molar-refractivity contribution is -0.123. The molecule has 9 heteroatoms. The molecule has 1 amide bonds. The third-order valence-corrected chi connectivity index (χ3v) is 4.89. The van der Waals surface area contributed by atoms with Crippen molar-refractivity contribution in [3.8, 4) is 0 Å². The second-order valence-corrected chi connectivity index (χ2v) is 6.13. The third-order valence-electron chi connectivity index (χ3n) is 3.11. The molecule has 1 fully saturated rings. The number of nitrogens with zero attached hydrogens (tertiary/aromatic N) is 1. The summed E-state index contributed by atoms with van der Waals surface area (Å²) in [4.78, 5) is 22.4. The van der Waals surface area contributed by atoms with E-state index in [1.165, 1.54) is 7.05 Å². The summed E-state index contributed by atoms with van der Waals surface area (Å²) in [5, 5.41) is 10.7. The van der Waals surface area contributed by atoms with Crippen molar-refractivity contribution in [2.75, 3.05) is 13.6 Å². The van der Waals surface area contributed by atoms with E-state index in [2.05, 4.69) is 5.32 Å². The lowest BCUT2D eigenvalue weighted by atomic mass is 10.2. The minimum Gasteiger partial charge on any atom is -0.475 e. The predicted molar refractivity (Wildman–Crippen MR) is 66.6 cm³/mol. The topological polar surface area (TPSA) is 117 Å². The molecule has 2 heterocycles. The maximum atomic E-state index is 12.4. The van der Waals surface area contributed by atoms with Crippen molar-refractivity contribution in [3.05, 3.63) is 17.9 Å².